The van der Waals surface area contributed by atoms with Crippen LogP contribution in [0.15, 0.2) is 0 Å². The second-order valence-electron chi connectivity index (χ2n) is 4.81. The molecular formula is C11H17NO3. The monoisotopic (exact) mass is 211 g/mol. The lowest BCUT2D eigenvalue weighted by molar-refractivity contribution is -0.142. The molecule has 84 valence electrons. The molecule has 0 spiro atoms. The zero-order valence-electron chi connectivity index (χ0n) is 9.14. The minimum absolute atomic E-state index is 0.0156. The predicted octanol–water partition coefficient (Wildman–Crippen LogP) is 0.964. The third-order valence-electron chi connectivity index (χ3n) is 3.69. The number of carbonyl (C=O) groups excluding carboxylic acids is 1. The molecule has 15 heavy (non-hydrogen) atoms. The van der Waals surface area contributed by atoms with Gasteiger partial charge in [0.2, 0.25) is 5.91 Å². The second-order valence-corrected chi connectivity index (χ2v) is 4.81. The smallest absolute Gasteiger partial charge is 0.307 e. The minimum atomic E-state index is -0.833. The highest BCUT2D eigenvalue weighted by Gasteiger charge is 2.50. The Labute approximate surface area is 89.3 Å². The highest BCUT2D eigenvalue weighted by Crippen LogP contribution is 2.42. The molecule has 2 saturated carbocycles. The van der Waals surface area contributed by atoms with Crippen LogP contribution in [0.4, 0.5) is 0 Å². The molecule has 3 atom stereocenters. The van der Waals surface area contributed by atoms with Crippen LogP contribution in [0, 0.1) is 17.8 Å². The van der Waals surface area contributed by atoms with E-state index in [1.165, 1.54) is 12.8 Å². The average Bonchev–Trinajstić information content (AvgIpc) is 3.04. The van der Waals surface area contributed by atoms with Gasteiger partial charge in [-0.15, -0.1) is 0 Å². The molecule has 0 heterocycles. The van der Waals surface area contributed by atoms with Crippen LogP contribution in [0.5, 0.6) is 0 Å². The van der Waals surface area contributed by atoms with E-state index < -0.39 is 11.9 Å². The highest BCUT2D eigenvalue weighted by molar-refractivity contribution is 5.89. The molecular weight excluding hydrogens is 194 g/mol. The van der Waals surface area contributed by atoms with Crippen molar-refractivity contribution in [3.8, 4) is 0 Å². The van der Waals surface area contributed by atoms with Crippen molar-refractivity contribution in [2.75, 3.05) is 7.05 Å². The van der Waals surface area contributed by atoms with Crippen LogP contribution in [0.25, 0.3) is 0 Å². The Bertz CT molecular complexity index is 298. The summed E-state index contributed by atoms with van der Waals surface area (Å²) in [6, 6.07) is 0.271. The zero-order chi connectivity index (χ0) is 11.2. The lowest BCUT2D eigenvalue weighted by atomic mass is 10.1. The fourth-order valence-electron chi connectivity index (χ4n) is 2.10. The summed E-state index contributed by atoms with van der Waals surface area (Å²) >= 11 is 0. The molecule has 0 aromatic carbocycles. The largest absolute Gasteiger partial charge is 0.481 e. The fourth-order valence-corrected chi connectivity index (χ4v) is 2.10. The van der Waals surface area contributed by atoms with E-state index in [4.69, 9.17) is 5.11 Å². The SMILES string of the molecule is CC(C1CC1)N(C)C(=O)C1CC1C(=O)O. The first-order chi connectivity index (χ1) is 7.02. The number of carboxylic acid groups (broad SMARTS) is 1. The maximum Gasteiger partial charge on any atom is 0.307 e. The molecule has 0 aliphatic heterocycles. The summed E-state index contributed by atoms with van der Waals surface area (Å²) in [5.74, 6) is -0.858. The standard InChI is InChI=1S/C11H17NO3/c1-6(7-3-4-7)12(2)10(13)8-5-9(8)11(14)15/h6-9H,3-5H2,1-2H3,(H,14,15). The number of aliphatic carboxylic acids is 1. The summed E-state index contributed by atoms with van der Waals surface area (Å²) in [7, 11) is 1.79. The summed E-state index contributed by atoms with van der Waals surface area (Å²) in [5, 5.41) is 8.74. The van der Waals surface area contributed by atoms with Crippen molar-refractivity contribution in [1.29, 1.82) is 0 Å². The van der Waals surface area contributed by atoms with Crippen molar-refractivity contribution in [2.24, 2.45) is 17.8 Å². The van der Waals surface area contributed by atoms with Gasteiger partial charge in [-0.1, -0.05) is 0 Å². The number of carboxylic acids is 1. The van der Waals surface area contributed by atoms with E-state index >= 15 is 0 Å². The van der Waals surface area contributed by atoms with E-state index in [9.17, 15) is 9.59 Å². The van der Waals surface area contributed by atoms with Crippen LogP contribution in [0.3, 0.4) is 0 Å². The number of amides is 1. The molecule has 2 rings (SSSR count). The van der Waals surface area contributed by atoms with Gasteiger partial charge in [0.25, 0.3) is 0 Å². The zero-order valence-corrected chi connectivity index (χ0v) is 9.14. The van der Waals surface area contributed by atoms with Gasteiger partial charge in [-0.25, -0.2) is 0 Å². The van der Waals surface area contributed by atoms with Crippen molar-refractivity contribution in [3.63, 3.8) is 0 Å². The number of nitrogens with zero attached hydrogens (tertiary/aromatic N) is 1. The molecule has 0 aromatic heterocycles. The van der Waals surface area contributed by atoms with Gasteiger partial charge in [-0.2, -0.15) is 0 Å². The van der Waals surface area contributed by atoms with Gasteiger partial charge >= 0.3 is 5.97 Å². The third-order valence-corrected chi connectivity index (χ3v) is 3.69. The van der Waals surface area contributed by atoms with Gasteiger partial charge < -0.3 is 10.0 Å². The average molecular weight is 211 g/mol. The molecule has 1 amide bonds. The molecule has 0 radical (unpaired) electrons. The van der Waals surface area contributed by atoms with Gasteiger partial charge in [0.1, 0.15) is 0 Å². The summed E-state index contributed by atoms with van der Waals surface area (Å²) < 4.78 is 0. The second kappa shape index (κ2) is 3.51. The topological polar surface area (TPSA) is 57.6 Å². The van der Waals surface area contributed by atoms with E-state index in [1.54, 1.807) is 11.9 Å². The highest BCUT2D eigenvalue weighted by atomic mass is 16.4. The van der Waals surface area contributed by atoms with E-state index in [0.29, 0.717) is 12.3 Å². The van der Waals surface area contributed by atoms with Crippen molar-refractivity contribution in [2.45, 2.75) is 32.2 Å². The Balaban J connectivity index is 1.88. The molecule has 2 aliphatic rings. The molecule has 0 bridgehead atoms. The number of hydrogen-bond donors (Lipinski definition) is 1. The van der Waals surface area contributed by atoms with Gasteiger partial charge in [0, 0.05) is 13.1 Å². The third kappa shape index (κ3) is 1.98. The Kier molecular flexibility index (Phi) is 2.44. The first-order valence-corrected chi connectivity index (χ1v) is 5.52. The van der Waals surface area contributed by atoms with Gasteiger partial charge in [0.15, 0.2) is 0 Å². The van der Waals surface area contributed by atoms with E-state index in [-0.39, 0.29) is 17.9 Å². The normalized spacial score (nSPS) is 30.8. The first-order valence-electron chi connectivity index (χ1n) is 5.52. The van der Waals surface area contributed by atoms with Crippen LogP contribution in [0.1, 0.15) is 26.2 Å². The van der Waals surface area contributed by atoms with E-state index in [0.717, 1.165) is 0 Å². The summed E-state index contributed by atoms with van der Waals surface area (Å²) in [6.45, 7) is 2.05. The van der Waals surface area contributed by atoms with Crippen molar-refractivity contribution in [3.05, 3.63) is 0 Å². The molecule has 4 nitrogen and oxygen atoms in total. The molecule has 3 unspecified atom stereocenters. The summed E-state index contributed by atoms with van der Waals surface area (Å²) in [4.78, 5) is 24.2. The van der Waals surface area contributed by atoms with Crippen LogP contribution < -0.4 is 0 Å². The Morgan fingerprint density at radius 1 is 1.33 bits per heavy atom. The number of carbonyl (C=O) groups is 2. The van der Waals surface area contributed by atoms with Crippen molar-refractivity contribution >= 4 is 11.9 Å². The maximum atomic E-state index is 11.9. The van der Waals surface area contributed by atoms with E-state index in [2.05, 4.69) is 0 Å². The van der Waals surface area contributed by atoms with E-state index in [1.807, 2.05) is 6.92 Å². The van der Waals surface area contributed by atoms with Crippen LogP contribution in [0.2, 0.25) is 0 Å². The predicted molar refractivity (Wildman–Crippen MR) is 54.2 cm³/mol. The number of rotatable bonds is 4. The Hall–Kier alpha value is -1.06. The molecule has 0 aromatic rings. The Morgan fingerprint density at radius 2 is 1.93 bits per heavy atom. The molecule has 4 heteroatoms. The van der Waals surface area contributed by atoms with Crippen LogP contribution >= 0.6 is 0 Å². The van der Waals surface area contributed by atoms with Gasteiger partial charge in [-0.05, 0) is 32.1 Å². The maximum absolute atomic E-state index is 11.9. The quantitative estimate of drug-likeness (QED) is 0.753. The fraction of sp³-hybridized carbons (Fsp3) is 0.818. The van der Waals surface area contributed by atoms with Crippen LogP contribution in [-0.4, -0.2) is 35.0 Å². The van der Waals surface area contributed by atoms with Crippen molar-refractivity contribution < 1.29 is 14.7 Å². The lowest BCUT2D eigenvalue weighted by Crippen LogP contribution is -2.38. The molecule has 1 N–H and O–H groups in total. The van der Waals surface area contributed by atoms with Crippen molar-refractivity contribution in [1.82, 2.24) is 4.90 Å². The molecule has 0 saturated heterocycles. The lowest BCUT2D eigenvalue weighted by Gasteiger charge is -2.24. The number of hydrogen-bond acceptors (Lipinski definition) is 2. The molecule has 2 aliphatic carbocycles. The Morgan fingerprint density at radius 3 is 2.33 bits per heavy atom. The summed E-state index contributed by atoms with van der Waals surface area (Å²) in [6.07, 6.45) is 2.92. The first kappa shape index (κ1) is 10.5. The minimum Gasteiger partial charge on any atom is -0.481 e. The van der Waals surface area contributed by atoms with Crippen LogP contribution in [-0.2, 0) is 9.59 Å². The molecule has 2 fully saturated rings. The van der Waals surface area contributed by atoms with Gasteiger partial charge in [-0.3, -0.25) is 9.59 Å². The summed E-state index contributed by atoms with van der Waals surface area (Å²) in [5.41, 5.74) is 0. The van der Waals surface area contributed by atoms with Gasteiger partial charge in [0.05, 0.1) is 11.8 Å².